The lowest BCUT2D eigenvalue weighted by molar-refractivity contribution is -0.153. The molecule has 0 saturated heterocycles. The minimum absolute atomic E-state index is 0.107. The van der Waals surface area contributed by atoms with Crippen LogP contribution in [0.3, 0.4) is 0 Å². The van der Waals surface area contributed by atoms with E-state index in [1.807, 2.05) is 0 Å². The first kappa shape index (κ1) is 17.9. The Morgan fingerprint density at radius 2 is 1.71 bits per heavy atom. The van der Waals surface area contributed by atoms with E-state index < -0.39 is 11.8 Å². The average molecular weight is 296 g/mol. The topological polar surface area (TPSA) is 60.4 Å². The monoisotopic (exact) mass is 296 g/mol. The van der Waals surface area contributed by atoms with Crippen LogP contribution in [-0.4, -0.2) is 24.6 Å². The predicted octanol–water partition coefficient (Wildman–Crippen LogP) is 3.03. The van der Waals surface area contributed by atoms with E-state index in [0.29, 0.717) is 17.8 Å². The second kappa shape index (κ2) is 6.71. The number of ketones is 2. The molecule has 1 unspecified atom stereocenters. The minimum atomic E-state index is -0.923. The third-order valence-corrected chi connectivity index (χ3v) is 5.50. The van der Waals surface area contributed by atoms with Gasteiger partial charge in [-0.2, -0.15) is 0 Å². The van der Waals surface area contributed by atoms with E-state index in [1.54, 1.807) is 0 Å². The highest BCUT2D eigenvalue weighted by atomic mass is 16.5. The average Bonchev–Trinajstić information content (AvgIpc) is 2.76. The van der Waals surface area contributed by atoms with Crippen molar-refractivity contribution >= 4 is 17.5 Å². The molecule has 0 heterocycles. The first-order chi connectivity index (χ1) is 9.66. The lowest BCUT2D eigenvalue weighted by atomic mass is 9.62. The summed E-state index contributed by atoms with van der Waals surface area (Å²) < 4.78 is 4.39. The van der Waals surface area contributed by atoms with Crippen LogP contribution in [0.15, 0.2) is 0 Å². The number of ether oxygens (including phenoxy) is 1. The second-order valence-corrected chi connectivity index (χ2v) is 7.06. The molecule has 0 aromatic carbocycles. The minimum Gasteiger partial charge on any atom is -0.463 e. The van der Waals surface area contributed by atoms with Crippen molar-refractivity contribution in [1.82, 2.24) is 0 Å². The third-order valence-electron chi connectivity index (χ3n) is 5.50. The van der Waals surface area contributed by atoms with Crippen LogP contribution in [0.4, 0.5) is 0 Å². The highest BCUT2D eigenvalue weighted by Gasteiger charge is 2.52. The van der Waals surface area contributed by atoms with Gasteiger partial charge in [-0.3, -0.25) is 9.59 Å². The van der Waals surface area contributed by atoms with Crippen LogP contribution in [0, 0.1) is 29.1 Å². The van der Waals surface area contributed by atoms with E-state index in [0.717, 1.165) is 20.0 Å². The first-order valence-corrected chi connectivity index (χ1v) is 7.80. The summed E-state index contributed by atoms with van der Waals surface area (Å²) in [4.78, 5) is 35.4. The fourth-order valence-corrected chi connectivity index (χ4v) is 4.08. The van der Waals surface area contributed by atoms with Crippen LogP contribution in [0.1, 0.15) is 53.9 Å². The van der Waals surface area contributed by atoms with Gasteiger partial charge in [0.2, 0.25) is 5.78 Å². The number of carbonyl (C=O) groups excluding carboxylic acids is 3. The van der Waals surface area contributed by atoms with Gasteiger partial charge in [0, 0.05) is 5.92 Å². The summed E-state index contributed by atoms with van der Waals surface area (Å²) in [5.41, 5.74) is -0.109. The van der Waals surface area contributed by atoms with Gasteiger partial charge >= 0.3 is 5.97 Å². The molecule has 0 amide bonds. The molecule has 0 N–H and O–H groups in total. The van der Waals surface area contributed by atoms with Gasteiger partial charge in [-0.25, -0.2) is 4.79 Å². The zero-order valence-electron chi connectivity index (χ0n) is 14.1. The number of hydrogen-bond donors (Lipinski definition) is 0. The molecule has 120 valence electrons. The predicted molar refractivity (Wildman–Crippen MR) is 80.6 cm³/mol. The summed E-state index contributed by atoms with van der Waals surface area (Å²) in [5.74, 6) is -0.571. The summed E-state index contributed by atoms with van der Waals surface area (Å²) in [5, 5.41) is 0. The maximum Gasteiger partial charge on any atom is 0.374 e. The maximum absolute atomic E-state index is 12.5. The van der Waals surface area contributed by atoms with Crippen LogP contribution in [0.25, 0.3) is 0 Å². The summed E-state index contributed by atoms with van der Waals surface area (Å²) in [6, 6.07) is 0. The molecule has 21 heavy (non-hydrogen) atoms. The third kappa shape index (κ3) is 3.35. The largest absolute Gasteiger partial charge is 0.463 e. The van der Waals surface area contributed by atoms with Crippen molar-refractivity contribution in [3.8, 4) is 0 Å². The Morgan fingerprint density at radius 3 is 2.14 bits per heavy atom. The van der Waals surface area contributed by atoms with E-state index >= 15 is 0 Å². The van der Waals surface area contributed by atoms with Crippen LogP contribution < -0.4 is 0 Å². The maximum atomic E-state index is 12.5. The normalized spacial score (nSPS) is 29.0. The van der Waals surface area contributed by atoms with E-state index in [4.69, 9.17) is 0 Å². The zero-order chi connectivity index (χ0) is 16.4. The summed E-state index contributed by atoms with van der Waals surface area (Å²) in [6.07, 6.45) is 1.49. The number of methoxy groups -OCH3 is 1. The van der Waals surface area contributed by atoms with Crippen molar-refractivity contribution < 1.29 is 19.1 Å². The zero-order valence-corrected chi connectivity index (χ0v) is 14.1. The molecule has 0 aromatic rings. The number of rotatable bonds is 6. The molecule has 0 aromatic heterocycles. The van der Waals surface area contributed by atoms with Crippen molar-refractivity contribution in [2.75, 3.05) is 7.11 Å². The van der Waals surface area contributed by atoms with Gasteiger partial charge in [0.15, 0.2) is 0 Å². The highest BCUT2D eigenvalue weighted by Crippen LogP contribution is 2.55. The second-order valence-electron chi connectivity index (χ2n) is 7.06. The Kier molecular flexibility index (Phi) is 5.71. The Morgan fingerprint density at radius 1 is 1.14 bits per heavy atom. The van der Waals surface area contributed by atoms with Gasteiger partial charge < -0.3 is 4.74 Å². The molecule has 1 aliphatic carbocycles. The van der Waals surface area contributed by atoms with Gasteiger partial charge in [-0.15, -0.1) is 0 Å². The number of esters is 1. The number of Topliss-reactive ketones (excluding diaryl/α,β-unsaturated/α-hetero) is 2. The summed E-state index contributed by atoms with van der Waals surface area (Å²) >= 11 is 0. The Balaban J connectivity index is 2.94. The molecule has 0 bridgehead atoms. The molecule has 1 rings (SSSR count). The highest BCUT2D eigenvalue weighted by molar-refractivity contribution is 6.37. The summed E-state index contributed by atoms with van der Waals surface area (Å²) in [7, 11) is 1.16. The van der Waals surface area contributed by atoms with Crippen LogP contribution in [0.2, 0.25) is 0 Å². The molecule has 1 fully saturated rings. The van der Waals surface area contributed by atoms with Gasteiger partial charge in [-0.1, -0.05) is 34.6 Å². The molecular weight excluding hydrogens is 268 g/mol. The fraction of sp³-hybridized carbons (Fsp3) is 0.824. The van der Waals surface area contributed by atoms with Gasteiger partial charge in [-0.05, 0) is 36.0 Å². The van der Waals surface area contributed by atoms with E-state index in [1.165, 1.54) is 0 Å². The SMILES string of the molecule is COC(=O)C(=O)CC(=O)[C@H]1CCC(C(C)C)[C@]1(C)C(C)C. The molecular formula is C17H28O4. The molecule has 1 aliphatic rings. The molecule has 0 aliphatic heterocycles. The number of hydrogen-bond acceptors (Lipinski definition) is 4. The van der Waals surface area contributed by atoms with Crippen molar-refractivity contribution in [3.63, 3.8) is 0 Å². The van der Waals surface area contributed by atoms with E-state index in [2.05, 4.69) is 39.4 Å². The first-order valence-electron chi connectivity index (χ1n) is 7.80. The number of carbonyl (C=O) groups is 3. The Labute approximate surface area is 127 Å². The smallest absolute Gasteiger partial charge is 0.374 e. The van der Waals surface area contributed by atoms with Crippen molar-refractivity contribution in [2.24, 2.45) is 29.1 Å². The fourth-order valence-electron chi connectivity index (χ4n) is 4.08. The molecule has 0 spiro atoms. The quantitative estimate of drug-likeness (QED) is 0.429. The molecule has 0 radical (unpaired) electrons. The van der Waals surface area contributed by atoms with Crippen molar-refractivity contribution in [3.05, 3.63) is 0 Å². The summed E-state index contributed by atoms with van der Waals surface area (Å²) in [6.45, 7) is 10.8. The van der Waals surface area contributed by atoms with Crippen LogP contribution in [-0.2, 0) is 19.1 Å². The van der Waals surface area contributed by atoms with Crippen molar-refractivity contribution in [1.29, 1.82) is 0 Å². The van der Waals surface area contributed by atoms with Crippen LogP contribution >= 0.6 is 0 Å². The van der Waals surface area contributed by atoms with Gasteiger partial charge in [0.25, 0.3) is 0 Å². The molecule has 1 saturated carbocycles. The van der Waals surface area contributed by atoms with Gasteiger partial charge in [0.1, 0.15) is 5.78 Å². The van der Waals surface area contributed by atoms with E-state index in [9.17, 15) is 14.4 Å². The Bertz CT molecular complexity index is 425. The van der Waals surface area contributed by atoms with Crippen molar-refractivity contribution in [2.45, 2.75) is 53.9 Å². The molecule has 3 atom stereocenters. The van der Waals surface area contributed by atoms with Crippen LogP contribution in [0.5, 0.6) is 0 Å². The standard InChI is InChI=1S/C17H28O4/c1-10(2)12-7-8-13(17(12,5)11(3)4)14(18)9-15(19)16(20)21-6/h10-13H,7-9H2,1-6H3/t12?,13-,17+/m1/s1. The van der Waals surface area contributed by atoms with E-state index in [-0.39, 0.29) is 23.5 Å². The lowest BCUT2D eigenvalue weighted by Crippen LogP contribution is -2.40. The molecule has 4 heteroatoms. The van der Waals surface area contributed by atoms with Gasteiger partial charge in [0.05, 0.1) is 13.5 Å². The lowest BCUT2D eigenvalue weighted by Gasteiger charge is -2.42. The molecule has 4 nitrogen and oxygen atoms in total. The Hall–Kier alpha value is -1.19.